The molecular weight excluding hydrogens is 218 g/mol. The van der Waals surface area contributed by atoms with Gasteiger partial charge in [-0.15, -0.1) is 0 Å². The third-order valence-electron chi connectivity index (χ3n) is 2.53. The molecule has 0 unspecified atom stereocenters. The summed E-state index contributed by atoms with van der Waals surface area (Å²) in [5, 5.41) is 11.7. The van der Waals surface area contributed by atoms with Crippen molar-refractivity contribution in [3.05, 3.63) is 0 Å². The number of aliphatic carboxylic acids is 1. The van der Waals surface area contributed by atoms with Crippen molar-refractivity contribution in [2.24, 2.45) is 0 Å². The predicted molar refractivity (Wildman–Crippen MR) is 69.3 cm³/mol. The molecule has 0 fully saturated rings. The van der Waals surface area contributed by atoms with E-state index in [0.29, 0.717) is 6.42 Å². The highest BCUT2D eigenvalue weighted by Gasteiger charge is 1.96. The van der Waals surface area contributed by atoms with Gasteiger partial charge in [-0.25, -0.2) is 0 Å². The van der Waals surface area contributed by atoms with Crippen LogP contribution in [0.5, 0.6) is 0 Å². The molecular formula is C13H27NO3. The normalized spacial score (nSPS) is 10.6. The Hall–Kier alpha value is -0.610. The first kappa shape index (κ1) is 16.4. The average Bonchev–Trinajstić information content (AvgIpc) is 2.30. The zero-order valence-corrected chi connectivity index (χ0v) is 11.0. The largest absolute Gasteiger partial charge is 0.481 e. The predicted octanol–water partition coefficient (Wildman–Crippen LogP) is 2.43. The van der Waals surface area contributed by atoms with Crippen LogP contribution in [0.1, 0.15) is 51.9 Å². The quantitative estimate of drug-likeness (QED) is 0.489. The minimum absolute atomic E-state index is 0.305. The lowest BCUT2D eigenvalue weighted by Gasteiger charge is -2.05. The van der Waals surface area contributed by atoms with Gasteiger partial charge in [-0.3, -0.25) is 4.79 Å². The van der Waals surface area contributed by atoms with Crippen LogP contribution in [0.4, 0.5) is 0 Å². The number of carbonyl (C=O) groups is 1. The summed E-state index contributed by atoms with van der Waals surface area (Å²) < 4.78 is 5.47. The number of hydrogen-bond acceptors (Lipinski definition) is 3. The van der Waals surface area contributed by atoms with Gasteiger partial charge in [-0.05, 0) is 25.8 Å². The van der Waals surface area contributed by atoms with Crippen LogP contribution in [-0.4, -0.2) is 37.4 Å². The Morgan fingerprint density at radius 2 is 1.76 bits per heavy atom. The molecule has 0 amide bonds. The van der Waals surface area contributed by atoms with E-state index >= 15 is 0 Å². The molecule has 0 aliphatic heterocycles. The maximum Gasteiger partial charge on any atom is 0.303 e. The van der Waals surface area contributed by atoms with E-state index in [4.69, 9.17) is 9.84 Å². The van der Waals surface area contributed by atoms with Crippen molar-refractivity contribution in [3.63, 3.8) is 0 Å². The molecule has 2 N–H and O–H groups in total. The van der Waals surface area contributed by atoms with Gasteiger partial charge in [0.25, 0.3) is 0 Å². The molecule has 0 radical (unpaired) electrons. The Morgan fingerprint density at radius 3 is 2.47 bits per heavy atom. The van der Waals surface area contributed by atoms with E-state index in [2.05, 4.69) is 12.2 Å². The number of ether oxygens (including phenoxy) is 1. The van der Waals surface area contributed by atoms with Gasteiger partial charge < -0.3 is 15.2 Å². The smallest absolute Gasteiger partial charge is 0.303 e. The summed E-state index contributed by atoms with van der Waals surface area (Å²) in [6.45, 7) is 5.77. The second-order valence-electron chi connectivity index (χ2n) is 4.27. The lowest BCUT2D eigenvalue weighted by Crippen LogP contribution is -2.20. The molecule has 17 heavy (non-hydrogen) atoms. The summed E-state index contributed by atoms with van der Waals surface area (Å²) in [4.78, 5) is 10.3. The molecule has 0 spiro atoms. The number of hydrogen-bond donors (Lipinski definition) is 2. The first-order valence-corrected chi connectivity index (χ1v) is 6.77. The molecule has 0 saturated heterocycles. The lowest BCUT2D eigenvalue weighted by atomic mass is 10.1. The van der Waals surface area contributed by atoms with Gasteiger partial charge >= 0.3 is 5.97 Å². The number of carboxylic acid groups (broad SMARTS) is 1. The zero-order chi connectivity index (χ0) is 12.8. The van der Waals surface area contributed by atoms with Gasteiger partial charge in [-0.2, -0.15) is 0 Å². The fourth-order valence-corrected chi connectivity index (χ4v) is 1.56. The minimum Gasteiger partial charge on any atom is -0.481 e. The highest BCUT2D eigenvalue weighted by atomic mass is 16.5. The van der Waals surface area contributed by atoms with Crippen molar-refractivity contribution in [1.82, 2.24) is 5.32 Å². The van der Waals surface area contributed by atoms with E-state index < -0.39 is 5.97 Å². The van der Waals surface area contributed by atoms with E-state index in [1.54, 1.807) is 0 Å². The van der Waals surface area contributed by atoms with Crippen molar-refractivity contribution in [2.75, 3.05) is 26.3 Å². The van der Waals surface area contributed by atoms with Crippen molar-refractivity contribution in [3.8, 4) is 0 Å². The molecule has 0 rings (SSSR count). The van der Waals surface area contributed by atoms with Crippen LogP contribution in [-0.2, 0) is 9.53 Å². The van der Waals surface area contributed by atoms with Crippen LogP contribution in [0.3, 0.4) is 0 Å². The van der Waals surface area contributed by atoms with Crippen molar-refractivity contribution < 1.29 is 14.6 Å². The number of unbranched alkanes of at least 4 members (excludes halogenated alkanes) is 4. The summed E-state index contributed by atoms with van der Waals surface area (Å²) >= 11 is 0. The summed E-state index contributed by atoms with van der Waals surface area (Å²) in [6, 6.07) is 0. The van der Waals surface area contributed by atoms with Crippen LogP contribution in [0.2, 0.25) is 0 Å². The third-order valence-corrected chi connectivity index (χ3v) is 2.53. The van der Waals surface area contributed by atoms with E-state index in [0.717, 1.165) is 64.8 Å². The standard InChI is InChI=1S/C13H27NO3/c1-2-9-14-10-12-17-11-7-5-3-4-6-8-13(15)16/h14H,2-12H2,1H3,(H,15,16). The summed E-state index contributed by atoms with van der Waals surface area (Å²) in [7, 11) is 0. The Labute approximate surface area is 105 Å². The van der Waals surface area contributed by atoms with Gasteiger partial charge in [0.1, 0.15) is 0 Å². The minimum atomic E-state index is -0.687. The lowest BCUT2D eigenvalue weighted by molar-refractivity contribution is -0.137. The van der Waals surface area contributed by atoms with Gasteiger partial charge in [0.15, 0.2) is 0 Å². The Balaban J connectivity index is 2.91. The average molecular weight is 245 g/mol. The second kappa shape index (κ2) is 13.5. The maximum absolute atomic E-state index is 10.3. The zero-order valence-electron chi connectivity index (χ0n) is 11.0. The molecule has 4 heteroatoms. The molecule has 0 aromatic heterocycles. The van der Waals surface area contributed by atoms with Crippen LogP contribution in [0, 0.1) is 0 Å². The molecule has 0 aromatic carbocycles. The molecule has 0 saturated carbocycles. The van der Waals surface area contributed by atoms with Crippen LogP contribution < -0.4 is 5.32 Å². The Bertz CT molecular complexity index is 174. The van der Waals surface area contributed by atoms with Crippen molar-refractivity contribution in [1.29, 1.82) is 0 Å². The third kappa shape index (κ3) is 15.4. The van der Waals surface area contributed by atoms with E-state index in [1.807, 2.05) is 0 Å². The Kier molecular flexibility index (Phi) is 13.0. The molecule has 0 aliphatic rings. The SMILES string of the molecule is CCCNCCOCCCCCCCC(=O)O. The number of carboxylic acids is 1. The fourth-order valence-electron chi connectivity index (χ4n) is 1.56. The molecule has 0 aliphatic carbocycles. The molecule has 0 bridgehead atoms. The van der Waals surface area contributed by atoms with Gasteiger partial charge in [0.05, 0.1) is 6.61 Å². The highest BCUT2D eigenvalue weighted by molar-refractivity contribution is 5.66. The summed E-state index contributed by atoms with van der Waals surface area (Å²) in [5.74, 6) is -0.687. The molecule has 4 nitrogen and oxygen atoms in total. The van der Waals surface area contributed by atoms with Gasteiger partial charge in [0.2, 0.25) is 0 Å². The highest BCUT2D eigenvalue weighted by Crippen LogP contribution is 2.05. The van der Waals surface area contributed by atoms with Crippen molar-refractivity contribution >= 4 is 5.97 Å². The van der Waals surface area contributed by atoms with E-state index in [9.17, 15) is 4.79 Å². The maximum atomic E-state index is 10.3. The van der Waals surface area contributed by atoms with Crippen LogP contribution in [0.25, 0.3) is 0 Å². The van der Waals surface area contributed by atoms with Gasteiger partial charge in [-0.1, -0.05) is 26.2 Å². The second-order valence-corrected chi connectivity index (χ2v) is 4.27. The molecule has 102 valence electrons. The Morgan fingerprint density at radius 1 is 1.06 bits per heavy atom. The molecule has 0 heterocycles. The van der Waals surface area contributed by atoms with Crippen molar-refractivity contribution in [2.45, 2.75) is 51.9 Å². The van der Waals surface area contributed by atoms with Crippen LogP contribution >= 0.6 is 0 Å². The van der Waals surface area contributed by atoms with E-state index in [-0.39, 0.29) is 0 Å². The van der Waals surface area contributed by atoms with Crippen LogP contribution in [0.15, 0.2) is 0 Å². The van der Waals surface area contributed by atoms with E-state index in [1.165, 1.54) is 0 Å². The van der Waals surface area contributed by atoms with Gasteiger partial charge in [0, 0.05) is 19.6 Å². The first-order chi connectivity index (χ1) is 8.27. The topological polar surface area (TPSA) is 58.6 Å². The molecule has 0 atom stereocenters. The summed E-state index contributed by atoms with van der Waals surface area (Å²) in [6.07, 6.45) is 6.63. The summed E-state index contributed by atoms with van der Waals surface area (Å²) in [5.41, 5.74) is 0. The first-order valence-electron chi connectivity index (χ1n) is 6.77. The fraction of sp³-hybridized carbons (Fsp3) is 0.923. The number of nitrogens with one attached hydrogen (secondary N) is 1. The monoisotopic (exact) mass is 245 g/mol. The molecule has 0 aromatic rings. The number of rotatable bonds is 13.